The Bertz CT molecular complexity index is 944. The molecule has 116 valence electrons. The summed E-state index contributed by atoms with van der Waals surface area (Å²) >= 11 is 0.842. The number of hydrogen-bond acceptors (Lipinski definition) is 5. The lowest BCUT2D eigenvalue weighted by Gasteiger charge is -2.03. The molecule has 0 aliphatic carbocycles. The highest BCUT2D eigenvalue weighted by Crippen LogP contribution is 2.23. The Balaban J connectivity index is 1.90. The monoisotopic (exact) mass is 328 g/mol. The van der Waals surface area contributed by atoms with Crippen LogP contribution in [0.2, 0.25) is 0 Å². The molecule has 23 heavy (non-hydrogen) atoms. The Morgan fingerprint density at radius 3 is 2.61 bits per heavy atom. The van der Waals surface area contributed by atoms with E-state index in [-0.39, 0.29) is 18.0 Å². The fourth-order valence-corrected chi connectivity index (χ4v) is 3.29. The van der Waals surface area contributed by atoms with E-state index in [4.69, 9.17) is 0 Å². The van der Waals surface area contributed by atoms with Crippen molar-refractivity contribution in [2.24, 2.45) is 0 Å². The number of hydrogen-bond donors (Lipinski definition) is 0. The number of non-ortho nitro benzene ring substituents is 1. The quantitative estimate of drug-likeness (QED) is 0.544. The molecule has 7 heteroatoms. The van der Waals surface area contributed by atoms with Gasteiger partial charge in [-0.2, -0.15) is 0 Å². The molecule has 0 unspecified atom stereocenters. The number of aryl methyl sites for hydroxylation is 1. The number of thiazole rings is 1. The van der Waals surface area contributed by atoms with E-state index >= 15 is 0 Å². The third kappa shape index (κ3) is 3.04. The Kier molecular flexibility index (Phi) is 4.03. The third-order valence-electron chi connectivity index (χ3n) is 3.49. The van der Waals surface area contributed by atoms with Gasteiger partial charge in [-0.05, 0) is 18.1 Å². The van der Waals surface area contributed by atoms with Crippen molar-refractivity contribution in [2.75, 3.05) is 0 Å². The maximum atomic E-state index is 12.4. The minimum atomic E-state index is -0.523. The van der Waals surface area contributed by atoms with E-state index in [0.29, 0.717) is 16.6 Å². The fraction of sp³-hybridized carbons (Fsp3) is 0.125. The summed E-state index contributed by atoms with van der Waals surface area (Å²) < 4.78 is 1.55. The average Bonchev–Trinajstić information content (AvgIpc) is 2.88. The summed E-state index contributed by atoms with van der Waals surface area (Å²) in [7, 11) is 0. The molecule has 3 aromatic rings. The molecule has 6 nitrogen and oxygen atoms in total. The molecule has 0 saturated carbocycles. The number of rotatable bonds is 4. The molecule has 0 spiro atoms. The first-order valence-corrected chi connectivity index (χ1v) is 7.75. The lowest BCUT2D eigenvalue weighted by atomic mass is 10.1. The number of aromatic nitrogens is 1. The van der Waals surface area contributed by atoms with Gasteiger partial charge in [-0.3, -0.25) is 19.7 Å². The van der Waals surface area contributed by atoms with E-state index in [9.17, 15) is 19.7 Å². The highest BCUT2D eigenvalue weighted by molar-refractivity contribution is 7.16. The molecule has 0 atom stereocenters. The third-order valence-corrected chi connectivity index (χ3v) is 4.40. The molecule has 1 heterocycles. The van der Waals surface area contributed by atoms with Gasteiger partial charge in [0.15, 0.2) is 0 Å². The largest absolute Gasteiger partial charge is 0.314 e. The van der Waals surface area contributed by atoms with E-state index in [2.05, 4.69) is 0 Å². The molecule has 0 aliphatic rings. The van der Waals surface area contributed by atoms with Crippen LogP contribution in [0.1, 0.15) is 16.8 Å². The number of fused-ring (bicyclic) bond motifs is 1. The summed E-state index contributed by atoms with van der Waals surface area (Å²) in [5, 5.41) is 10.8. The summed E-state index contributed by atoms with van der Waals surface area (Å²) in [6.45, 7) is 0. The van der Waals surface area contributed by atoms with Crippen LogP contribution in [0.5, 0.6) is 0 Å². The number of nitro benzene ring substituents is 1. The molecule has 0 radical (unpaired) electrons. The maximum absolute atomic E-state index is 12.4. The summed E-state index contributed by atoms with van der Waals surface area (Å²) in [6, 6.07) is 13.6. The molecular weight excluding hydrogens is 316 g/mol. The number of nitro groups is 1. The normalized spacial score (nSPS) is 10.8. The van der Waals surface area contributed by atoms with Crippen LogP contribution < -0.4 is 4.87 Å². The summed E-state index contributed by atoms with van der Waals surface area (Å²) in [6.07, 6.45) is 0.739. The first-order chi connectivity index (χ1) is 11.1. The smallest absolute Gasteiger partial charge is 0.274 e. The summed E-state index contributed by atoms with van der Waals surface area (Å²) in [4.78, 5) is 34.3. The summed E-state index contributed by atoms with van der Waals surface area (Å²) in [5.74, 6) is -0.307. The van der Waals surface area contributed by atoms with Gasteiger partial charge in [-0.1, -0.05) is 41.7 Å². The molecule has 0 fully saturated rings. The van der Waals surface area contributed by atoms with Gasteiger partial charge in [0.2, 0.25) is 5.91 Å². The van der Waals surface area contributed by atoms with Crippen LogP contribution in [0.4, 0.5) is 5.69 Å². The fourth-order valence-electron chi connectivity index (χ4n) is 2.36. The Morgan fingerprint density at radius 1 is 1.17 bits per heavy atom. The molecule has 3 rings (SSSR count). The molecule has 0 aliphatic heterocycles. The predicted octanol–water partition coefficient (Wildman–Crippen LogP) is 3.24. The van der Waals surface area contributed by atoms with Crippen molar-refractivity contribution in [1.29, 1.82) is 0 Å². The molecule has 2 aromatic carbocycles. The standard InChI is InChI=1S/C16H12N2O4S/c19-15(9-6-11-4-2-1-3-5-11)17-13-8-7-12(18(21)22)10-14(13)23-16(17)20/h1-5,7-8,10H,6,9H2. The van der Waals surface area contributed by atoms with Crippen LogP contribution in [0.3, 0.4) is 0 Å². The lowest BCUT2D eigenvalue weighted by molar-refractivity contribution is -0.384. The van der Waals surface area contributed by atoms with Crippen LogP contribution in [-0.4, -0.2) is 15.4 Å². The molecule has 0 N–H and O–H groups in total. The van der Waals surface area contributed by atoms with E-state index in [1.165, 1.54) is 18.2 Å². The van der Waals surface area contributed by atoms with Crippen molar-refractivity contribution in [3.05, 3.63) is 73.9 Å². The van der Waals surface area contributed by atoms with E-state index < -0.39 is 9.80 Å². The van der Waals surface area contributed by atoms with Crippen LogP contribution in [0, 0.1) is 10.1 Å². The first-order valence-electron chi connectivity index (χ1n) is 6.93. The van der Waals surface area contributed by atoms with Crippen LogP contribution in [0.25, 0.3) is 10.2 Å². The van der Waals surface area contributed by atoms with E-state index in [1.807, 2.05) is 30.3 Å². The van der Waals surface area contributed by atoms with Crippen molar-refractivity contribution in [3.8, 4) is 0 Å². The van der Waals surface area contributed by atoms with Crippen molar-refractivity contribution < 1.29 is 9.72 Å². The van der Waals surface area contributed by atoms with Crippen molar-refractivity contribution in [2.45, 2.75) is 12.8 Å². The summed E-state index contributed by atoms with van der Waals surface area (Å²) in [5.41, 5.74) is 1.34. The van der Waals surface area contributed by atoms with Gasteiger partial charge in [-0.15, -0.1) is 0 Å². The van der Waals surface area contributed by atoms with Gasteiger partial charge in [0, 0.05) is 18.6 Å². The molecule has 0 saturated heterocycles. The van der Waals surface area contributed by atoms with Gasteiger partial charge in [0.05, 0.1) is 15.1 Å². The maximum Gasteiger partial charge on any atom is 0.314 e. The van der Waals surface area contributed by atoms with Crippen molar-refractivity contribution in [3.63, 3.8) is 0 Å². The molecule has 1 aromatic heterocycles. The number of carbonyl (C=O) groups is 1. The highest BCUT2D eigenvalue weighted by atomic mass is 32.1. The second kappa shape index (κ2) is 6.13. The minimum absolute atomic E-state index is 0.0948. The second-order valence-electron chi connectivity index (χ2n) is 4.99. The van der Waals surface area contributed by atoms with Crippen molar-refractivity contribution >= 4 is 33.1 Å². The second-order valence-corrected chi connectivity index (χ2v) is 5.99. The Hall–Kier alpha value is -2.80. The zero-order valence-corrected chi connectivity index (χ0v) is 12.8. The van der Waals surface area contributed by atoms with E-state index in [1.54, 1.807) is 0 Å². The highest BCUT2D eigenvalue weighted by Gasteiger charge is 2.17. The lowest BCUT2D eigenvalue weighted by Crippen LogP contribution is -2.21. The number of nitrogens with zero attached hydrogens (tertiary/aromatic N) is 2. The van der Waals surface area contributed by atoms with Gasteiger partial charge < -0.3 is 0 Å². The topological polar surface area (TPSA) is 82.2 Å². The van der Waals surface area contributed by atoms with Gasteiger partial charge in [0.25, 0.3) is 5.69 Å². The Labute approximate surface area is 134 Å². The number of benzene rings is 2. The van der Waals surface area contributed by atoms with Gasteiger partial charge in [0.1, 0.15) is 0 Å². The van der Waals surface area contributed by atoms with Crippen LogP contribution in [0.15, 0.2) is 53.3 Å². The zero-order valence-electron chi connectivity index (χ0n) is 12.0. The number of carbonyl (C=O) groups excluding carboxylic acids is 1. The predicted molar refractivity (Wildman–Crippen MR) is 88.1 cm³/mol. The van der Waals surface area contributed by atoms with Crippen LogP contribution in [-0.2, 0) is 6.42 Å². The van der Waals surface area contributed by atoms with Crippen LogP contribution >= 0.6 is 11.3 Å². The SMILES string of the molecule is O=C(CCc1ccccc1)n1c(=O)sc2cc([N+](=O)[O-])ccc21. The molecule has 0 amide bonds. The average molecular weight is 328 g/mol. The van der Waals surface area contributed by atoms with Gasteiger partial charge >= 0.3 is 4.87 Å². The molecular formula is C16H12N2O4S. The minimum Gasteiger partial charge on any atom is -0.274 e. The Morgan fingerprint density at radius 2 is 1.91 bits per heavy atom. The zero-order chi connectivity index (χ0) is 16.4. The first kappa shape index (κ1) is 15.1. The molecule has 0 bridgehead atoms. The van der Waals surface area contributed by atoms with Gasteiger partial charge in [-0.25, -0.2) is 4.57 Å². The van der Waals surface area contributed by atoms with Crippen molar-refractivity contribution in [1.82, 2.24) is 4.57 Å². The van der Waals surface area contributed by atoms with E-state index in [0.717, 1.165) is 21.5 Å².